The van der Waals surface area contributed by atoms with E-state index in [0.717, 1.165) is 12.3 Å². The van der Waals surface area contributed by atoms with Crippen LogP contribution in [-0.4, -0.2) is 0 Å². The highest BCUT2D eigenvalue weighted by atomic mass is 79.9. The third kappa shape index (κ3) is 5.56. The van der Waals surface area contributed by atoms with Gasteiger partial charge in [-0.15, -0.1) is 11.3 Å². The molecule has 0 fully saturated rings. The van der Waals surface area contributed by atoms with E-state index in [1.165, 1.54) is 22.6 Å². The molecule has 0 bridgehead atoms. The van der Waals surface area contributed by atoms with E-state index < -0.39 is 0 Å². The Balaban J connectivity index is 2.51. The lowest BCUT2D eigenvalue weighted by Crippen LogP contribution is -2.12. The number of halogens is 1. The summed E-state index contributed by atoms with van der Waals surface area (Å²) in [5.41, 5.74) is 0.441. The molecule has 0 saturated carbocycles. The lowest BCUT2D eigenvalue weighted by Gasteiger charge is -2.24. The molecule has 2 heteroatoms. The van der Waals surface area contributed by atoms with Gasteiger partial charge in [0.05, 0.1) is 0 Å². The summed E-state index contributed by atoms with van der Waals surface area (Å²) < 4.78 is 0. The minimum atomic E-state index is 0.441. The fourth-order valence-electron chi connectivity index (χ4n) is 2.35. The lowest BCUT2D eigenvalue weighted by atomic mass is 9.83. The molecule has 1 aromatic rings. The molecule has 0 aliphatic carbocycles. The Hall–Kier alpha value is 0.180. The first-order valence-corrected chi connectivity index (χ1v) is 8.27. The Kier molecular flexibility index (Phi) is 5.72. The zero-order chi connectivity index (χ0) is 13.1. The largest absolute Gasteiger partial charge is 0.144 e. The summed E-state index contributed by atoms with van der Waals surface area (Å²) in [7, 11) is 0. The summed E-state index contributed by atoms with van der Waals surface area (Å²) in [4.78, 5) is 3.51. The summed E-state index contributed by atoms with van der Waals surface area (Å²) in [6.45, 7) is 11.6. The van der Waals surface area contributed by atoms with Crippen LogP contribution in [0.15, 0.2) is 12.1 Å². The molecule has 0 N–H and O–H groups in total. The van der Waals surface area contributed by atoms with E-state index in [4.69, 9.17) is 0 Å². The van der Waals surface area contributed by atoms with Crippen LogP contribution in [0.5, 0.6) is 0 Å². The average molecular weight is 317 g/mol. The predicted octanol–water partition coefficient (Wildman–Crippen LogP) is 6.21. The highest BCUT2D eigenvalue weighted by Crippen LogP contribution is 2.37. The Morgan fingerprint density at radius 3 is 2.41 bits per heavy atom. The fourth-order valence-corrected chi connectivity index (χ4v) is 4.37. The van der Waals surface area contributed by atoms with Gasteiger partial charge in [-0.2, -0.15) is 0 Å². The monoisotopic (exact) mass is 316 g/mol. The van der Waals surface area contributed by atoms with E-state index in [9.17, 15) is 0 Å². The zero-order valence-electron chi connectivity index (χ0n) is 11.7. The van der Waals surface area contributed by atoms with Crippen LogP contribution >= 0.6 is 27.3 Å². The van der Waals surface area contributed by atoms with Crippen LogP contribution in [0.25, 0.3) is 0 Å². The summed E-state index contributed by atoms with van der Waals surface area (Å²) in [5, 5.41) is 0. The van der Waals surface area contributed by atoms with Crippen LogP contribution < -0.4 is 0 Å². The van der Waals surface area contributed by atoms with Gasteiger partial charge in [0.1, 0.15) is 0 Å². The van der Waals surface area contributed by atoms with Crippen molar-refractivity contribution in [2.24, 2.45) is 11.3 Å². The normalized spacial score (nSPS) is 15.9. The third-order valence-corrected chi connectivity index (χ3v) is 5.42. The molecule has 0 aromatic carbocycles. The van der Waals surface area contributed by atoms with Gasteiger partial charge in [0.25, 0.3) is 0 Å². The molecule has 0 nitrogen and oxygen atoms in total. The van der Waals surface area contributed by atoms with E-state index in [1.807, 2.05) is 11.3 Å². The van der Waals surface area contributed by atoms with Crippen molar-refractivity contribution in [3.8, 4) is 0 Å². The number of hydrogen-bond acceptors (Lipinski definition) is 1. The first-order valence-electron chi connectivity index (χ1n) is 6.54. The Morgan fingerprint density at radius 1 is 1.29 bits per heavy atom. The second-order valence-corrected chi connectivity index (χ2v) is 8.54. The standard InChI is InChI=1S/C15H25BrS/c1-6-12-7-8-14(17-12)13(16)9-11(2)10-15(3,4)5/h7-8,11,13H,6,9-10H2,1-5H3. The Labute approximate surface area is 119 Å². The van der Waals surface area contributed by atoms with Gasteiger partial charge in [-0.25, -0.2) is 0 Å². The molecule has 0 saturated heterocycles. The van der Waals surface area contributed by atoms with Gasteiger partial charge in [-0.1, -0.05) is 50.5 Å². The smallest absolute Gasteiger partial charge is 0.0491 e. The van der Waals surface area contributed by atoms with Crippen molar-refractivity contribution in [1.29, 1.82) is 0 Å². The molecule has 0 amide bonds. The summed E-state index contributed by atoms with van der Waals surface area (Å²) >= 11 is 5.80. The maximum Gasteiger partial charge on any atom is 0.0491 e. The number of aryl methyl sites for hydroxylation is 1. The van der Waals surface area contributed by atoms with Crippen molar-refractivity contribution in [2.75, 3.05) is 0 Å². The highest BCUT2D eigenvalue weighted by Gasteiger charge is 2.19. The first kappa shape index (κ1) is 15.2. The van der Waals surface area contributed by atoms with Crippen molar-refractivity contribution in [3.63, 3.8) is 0 Å². The van der Waals surface area contributed by atoms with E-state index in [2.05, 4.69) is 62.7 Å². The summed E-state index contributed by atoms with van der Waals surface area (Å²) in [6.07, 6.45) is 3.68. The molecule has 0 aliphatic heterocycles. The molecule has 2 unspecified atom stereocenters. The molecule has 1 aromatic heterocycles. The van der Waals surface area contributed by atoms with Gasteiger partial charge >= 0.3 is 0 Å². The van der Waals surface area contributed by atoms with Crippen molar-refractivity contribution in [2.45, 2.75) is 58.7 Å². The topological polar surface area (TPSA) is 0 Å². The highest BCUT2D eigenvalue weighted by molar-refractivity contribution is 9.09. The fraction of sp³-hybridized carbons (Fsp3) is 0.733. The van der Waals surface area contributed by atoms with Crippen molar-refractivity contribution in [3.05, 3.63) is 21.9 Å². The molecule has 1 heterocycles. The number of hydrogen-bond donors (Lipinski definition) is 0. The van der Waals surface area contributed by atoms with E-state index in [1.54, 1.807) is 0 Å². The average Bonchev–Trinajstić information content (AvgIpc) is 2.62. The maximum atomic E-state index is 3.85. The van der Waals surface area contributed by atoms with Crippen LogP contribution in [0, 0.1) is 11.3 Å². The number of rotatable bonds is 5. The molecule has 98 valence electrons. The molecule has 2 atom stereocenters. The van der Waals surface area contributed by atoms with Crippen LogP contribution in [0.2, 0.25) is 0 Å². The van der Waals surface area contributed by atoms with Crippen molar-refractivity contribution in [1.82, 2.24) is 0 Å². The second kappa shape index (κ2) is 6.38. The zero-order valence-corrected chi connectivity index (χ0v) is 14.1. The van der Waals surface area contributed by atoms with Gasteiger partial charge < -0.3 is 0 Å². The SMILES string of the molecule is CCc1ccc(C(Br)CC(C)CC(C)(C)C)s1. The molecule has 0 aliphatic rings. The summed E-state index contributed by atoms with van der Waals surface area (Å²) in [5.74, 6) is 0.770. The minimum absolute atomic E-state index is 0.441. The molecule has 17 heavy (non-hydrogen) atoms. The molecule has 0 radical (unpaired) electrons. The predicted molar refractivity (Wildman–Crippen MR) is 83.2 cm³/mol. The van der Waals surface area contributed by atoms with Crippen molar-refractivity contribution < 1.29 is 0 Å². The quantitative estimate of drug-likeness (QED) is 0.566. The maximum absolute atomic E-state index is 3.85. The summed E-state index contributed by atoms with van der Waals surface area (Å²) in [6, 6.07) is 4.55. The van der Waals surface area contributed by atoms with E-state index in [-0.39, 0.29) is 0 Å². The number of thiophene rings is 1. The first-order chi connectivity index (χ1) is 7.81. The molecular formula is C15H25BrS. The van der Waals surface area contributed by atoms with Gasteiger partial charge in [-0.3, -0.25) is 0 Å². The van der Waals surface area contributed by atoms with E-state index in [0.29, 0.717) is 10.2 Å². The van der Waals surface area contributed by atoms with Gasteiger partial charge in [0.2, 0.25) is 0 Å². The van der Waals surface area contributed by atoms with Crippen LogP contribution in [0.3, 0.4) is 0 Å². The minimum Gasteiger partial charge on any atom is -0.144 e. The van der Waals surface area contributed by atoms with Crippen molar-refractivity contribution >= 4 is 27.3 Å². The Morgan fingerprint density at radius 2 is 1.94 bits per heavy atom. The Bertz CT molecular complexity index is 335. The van der Waals surface area contributed by atoms with Crippen LogP contribution in [0.1, 0.15) is 62.0 Å². The third-order valence-electron chi connectivity index (χ3n) is 2.91. The van der Waals surface area contributed by atoms with Gasteiger partial charge in [-0.05, 0) is 42.7 Å². The van der Waals surface area contributed by atoms with Crippen LogP contribution in [0.4, 0.5) is 0 Å². The number of alkyl halides is 1. The van der Waals surface area contributed by atoms with E-state index >= 15 is 0 Å². The lowest BCUT2D eigenvalue weighted by molar-refractivity contribution is 0.297. The second-order valence-electron chi connectivity index (χ2n) is 6.23. The van der Waals surface area contributed by atoms with Gasteiger partial charge in [0, 0.05) is 14.6 Å². The molecular weight excluding hydrogens is 292 g/mol. The molecule has 0 spiro atoms. The van der Waals surface area contributed by atoms with Gasteiger partial charge in [0.15, 0.2) is 0 Å². The van der Waals surface area contributed by atoms with Crippen LogP contribution in [-0.2, 0) is 6.42 Å². The molecule has 1 rings (SSSR count).